The Hall–Kier alpha value is -2.50. The average Bonchev–Trinajstić information content (AvgIpc) is 3.55. The molecule has 30 heavy (non-hydrogen) atoms. The van der Waals surface area contributed by atoms with Crippen molar-refractivity contribution in [2.75, 3.05) is 32.7 Å². The summed E-state index contributed by atoms with van der Waals surface area (Å²) in [5, 5.41) is 2.11. The minimum atomic E-state index is 0.0639. The Kier molecular flexibility index (Phi) is 4.95. The minimum absolute atomic E-state index is 0.0639. The molecule has 2 aliphatic rings. The molecular formula is C25H29N3O2. The molecule has 0 spiro atoms. The third-order valence-corrected chi connectivity index (χ3v) is 6.79. The molecule has 0 atom stereocenters. The number of ketones is 2. The van der Waals surface area contributed by atoms with E-state index in [0.29, 0.717) is 11.1 Å². The molecule has 5 nitrogen and oxygen atoms in total. The first kappa shape index (κ1) is 19.5. The monoisotopic (exact) mass is 403 g/mol. The van der Waals surface area contributed by atoms with Crippen LogP contribution in [0.2, 0.25) is 0 Å². The number of benzene rings is 2. The summed E-state index contributed by atoms with van der Waals surface area (Å²) < 4.78 is 2.35. The van der Waals surface area contributed by atoms with E-state index in [0.717, 1.165) is 54.0 Å². The third-order valence-electron chi connectivity index (χ3n) is 6.79. The first-order chi connectivity index (χ1) is 14.5. The second-order valence-electron chi connectivity index (χ2n) is 8.84. The summed E-state index contributed by atoms with van der Waals surface area (Å²) in [7, 11) is 0. The van der Waals surface area contributed by atoms with Gasteiger partial charge in [-0.3, -0.25) is 19.4 Å². The number of carbonyl (C=O) groups is 2. The third kappa shape index (κ3) is 3.57. The van der Waals surface area contributed by atoms with E-state index >= 15 is 0 Å². The Balaban J connectivity index is 1.46. The summed E-state index contributed by atoms with van der Waals surface area (Å²) in [5.41, 5.74) is 3.69. The Labute approximate surface area is 177 Å². The zero-order valence-electron chi connectivity index (χ0n) is 17.9. The fourth-order valence-corrected chi connectivity index (χ4v) is 4.82. The molecule has 2 heterocycles. The highest BCUT2D eigenvalue weighted by atomic mass is 16.1. The van der Waals surface area contributed by atoms with E-state index in [9.17, 15) is 9.59 Å². The van der Waals surface area contributed by atoms with Crippen LogP contribution in [-0.4, -0.2) is 64.7 Å². The van der Waals surface area contributed by atoms with Gasteiger partial charge in [-0.15, -0.1) is 0 Å². The molecule has 2 fully saturated rings. The van der Waals surface area contributed by atoms with Crippen molar-refractivity contribution in [1.29, 1.82) is 0 Å². The number of fused-ring (bicyclic) bond motifs is 3. The van der Waals surface area contributed by atoms with E-state index in [1.54, 1.807) is 13.8 Å². The van der Waals surface area contributed by atoms with Gasteiger partial charge in [0, 0.05) is 78.2 Å². The van der Waals surface area contributed by atoms with E-state index in [-0.39, 0.29) is 11.6 Å². The zero-order chi connectivity index (χ0) is 20.8. The van der Waals surface area contributed by atoms with Crippen LogP contribution in [-0.2, 0) is 6.54 Å². The number of nitrogens with zero attached hydrogens (tertiary/aromatic N) is 3. The normalized spacial score (nSPS) is 18.3. The van der Waals surface area contributed by atoms with Crippen LogP contribution in [0.5, 0.6) is 0 Å². The lowest BCUT2D eigenvalue weighted by atomic mass is 10.0. The van der Waals surface area contributed by atoms with Gasteiger partial charge in [-0.05, 0) is 63.1 Å². The molecule has 0 radical (unpaired) electrons. The number of rotatable bonds is 6. The first-order valence-corrected chi connectivity index (χ1v) is 11.1. The fourth-order valence-electron chi connectivity index (χ4n) is 4.82. The number of aromatic nitrogens is 1. The van der Waals surface area contributed by atoms with Gasteiger partial charge in [0.05, 0.1) is 0 Å². The molecule has 1 aromatic heterocycles. The van der Waals surface area contributed by atoms with Crippen molar-refractivity contribution in [3.8, 4) is 0 Å². The maximum atomic E-state index is 11.9. The molecule has 1 saturated carbocycles. The first-order valence-electron chi connectivity index (χ1n) is 11.1. The molecule has 1 aliphatic carbocycles. The number of piperazine rings is 1. The Morgan fingerprint density at radius 2 is 1.33 bits per heavy atom. The van der Waals surface area contributed by atoms with E-state index in [1.165, 1.54) is 25.9 Å². The fraction of sp³-hybridized carbons (Fsp3) is 0.440. The lowest BCUT2D eigenvalue weighted by molar-refractivity contribution is 0.100. The van der Waals surface area contributed by atoms with Crippen LogP contribution in [0.1, 0.15) is 47.4 Å². The number of hydrogen-bond donors (Lipinski definition) is 0. The predicted octanol–water partition coefficient (Wildman–Crippen LogP) is 3.98. The molecule has 0 amide bonds. The van der Waals surface area contributed by atoms with Crippen LogP contribution in [0, 0.1) is 0 Å². The molecule has 0 bridgehead atoms. The number of hydrogen-bond acceptors (Lipinski definition) is 4. The highest BCUT2D eigenvalue weighted by Gasteiger charge is 2.31. The summed E-state index contributed by atoms with van der Waals surface area (Å²) in [6.45, 7) is 9.75. The zero-order valence-corrected chi connectivity index (χ0v) is 17.9. The van der Waals surface area contributed by atoms with Crippen LogP contribution in [0.3, 0.4) is 0 Å². The summed E-state index contributed by atoms with van der Waals surface area (Å²) in [4.78, 5) is 29.1. The molecular weight excluding hydrogens is 374 g/mol. The standard InChI is InChI=1S/C25H29N3O2/c1-17(29)19-3-7-24-22(15-19)23-16-20(18(2)30)4-8-25(23)28(24)14-11-26-9-12-27(13-10-26)21-5-6-21/h3-4,7-8,15-16,21H,5-6,9-14H2,1-2H3. The molecule has 2 aromatic carbocycles. The van der Waals surface area contributed by atoms with Crippen LogP contribution < -0.4 is 0 Å². The van der Waals surface area contributed by atoms with E-state index in [1.807, 2.05) is 24.3 Å². The molecule has 1 saturated heterocycles. The highest BCUT2D eigenvalue weighted by Crippen LogP contribution is 2.31. The Morgan fingerprint density at radius 1 is 0.800 bits per heavy atom. The van der Waals surface area contributed by atoms with Crippen molar-refractivity contribution in [3.05, 3.63) is 47.5 Å². The van der Waals surface area contributed by atoms with E-state index < -0.39 is 0 Å². The summed E-state index contributed by atoms with van der Waals surface area (Å²) in [6, 6.07) is 12.8. The Bertz CT molecular complexity index is 1060. The summed E-state index contributed by atoms with van der Waals surface area (Å²) >= 11 is 0. The van der Waals surface area contributed by atoms with Crippen molar-refractivity contribution in [3.63, 3.8) is 0 Å². The number of Topliss-reactive ketones (excluding diaryl/α,β-unsaturated/α-hetero) is 2. The largest absolute Gasteiger partial charge is 0.339 e. The minimum Gasteiger partial charge on any atom is -0.339 e. The second-order valence-corrected chi connectivity index (χ2v) is 8.84. The van der Waals surface area contributed by atoms with Crippen molar-refractivity contribution >= 4 is 33.4 Å². The smallest absolute Gasteiger partial charge is 0.159 e. The van der Waals surface area contributed by atoms with Gasteiger partial charge in [0.1, 0.15) is 0 Å². The molecule has 156 valence electrons. The molecule has 0 unspecified atom stereocenters. The maximum Gasteiger partial charge on any atom is 0.159 e. The second kappa shape index (κ2) is 7.64. The quantitative estimate of drug-likeness (QED) is 0.584. The van der Waals surface area contributed by atoms with Crippen molar-refractivity contribution in [2.24, 2.45) is 0 Å². The van der Waals surface area contributed by atoms with Gasteiger partial charge >= 0.3 is 0 Å². The van der Waals surface area contributed by atoms with E-state index in [2.05, 4.69) is 26.5 Å². The van der Waals surface area contributed by atoms with Crippen LogP contribution in [0.4, 0.5) is 0 Å². The lowest BCUT2D eigenvalue weighted by Crippen LogP contribution is -2.47. The number of carbonyl (C=O) groups excluding carboxylic acids is 2. The Morgan fingerprint density at radius 3 is 1.80 bits per heavy atom. The van der Waals surface area contributed by atoms with Gasteiger partial charge in [-0.1, -0.05) is 0 Å². The lowest BCUT2D eigenvalue weighted by Gasteiger charge is -2.34. The molecule has 5 heteroatoms. The molecule has 0 N–H and O–H groups in total. The van der Waals surface area contributed by atoms with Crippen molar-refractivity contribution in [2.45, 2.75) is 39.3 Å². The highest BCUT2D eigenvalue weighted by molar-refractivity contribution is 6.12. The van der Waals surface area contributed by atoms with Crippen LogP contribution in [0.25, 0.3) is 21.8 Å². The molecule has 3 aromatic rings. The average molecular weight is 404 g/mol. The summed E-state index contributed by atoms with van der Waals surface area (Å²) in [5.74, 6) is 0.128. The topological polar surface area (TPSA) is 45.6 Å². The SMILES string of the molecule is CC(=O)c1ccc2c(c1)c1cc(C(C)=O)ccc1n2CCN1CCN(C2CC2)CC1. The van der Waals surface area contributed by atoms with Crippen LogP contribution in [0.15, 0.2) is 36.4 Å². The van der Waals surface area contributed by atoms with Gasteiger partial charge in [0.25, 0.3) is 0 Å². The van der Waals surface area contributed by atoms with Gasteiger partial charge in [-0.25, -0.2) is 0 Å². The van der Waals surface area contributed by atoms with Gasteiger partial charge in [0.2, 0.25) is 0 Å². The molecule has 5 rings (SSSR count). The van der Waals surface area contributed by atoms with Gasteiger partial charge in [-0.2, -0.15) is 0 Å². The maximum absolute atomic E-state index is 11.9. The van der Waals surface area contributed by atoms with Gasteiger partial charge < -0.3 is 4.57 Å². The van der Waals surface area contributed by atoms with E-state index in [4.69, 9.17) is 0 Å². The molecule has 1 aliphatic heterocycles. The van der Waals surface area contributed by atoms with Crippen molar-refractivity contribution in [1.82, 2.24) is 14.4 Å². The van der Waals surface area contributed by atoms with Crippen molar-refractivity contribution < 1.29 is 9.59 Å². The van der Waals surface area contributed by atoms with Crippen LogP contribution >= 0.6 is 0 Å². The summed E-state index contributed by atoms with van der Waals surface area (Å²) in [6.07, 6.45) is 2.76. The van der Waals surface area contributed by atoms with Gasteiger partial charge in [0.15, 0.2) is 11.6 Å². The predicted molar refractivity (Wildman–Crippen MR) is 120 cm³/mol.